The van der Waals surface area contributed by atoms with E-state index in [0.717, 1.165) is 19.3 Å². The van der Waals surface area contributed by atoms with E-state index < -0.39 is 10.2 Å². The lowest BCUT2D eigenvalue weighted by molar-refractivity contribution is 0.251. The molecule has 6 heteroatoms. The van der Waals surface area contributed by atoms with Gasteiger partial charge in [0.05, 0.1) is 0 Å². The highest BCUT2D eigenvalue weighted by Crippen LogP contribution is 2.20. The van der Waals surface area contributed by atoms with Gasteiger partial charge in [0.15, 0.2) is 0 Å². The van der Waals surface area contributed by atoms with Crippen molar-refractivity contribution in [1.29, 1.82) is 0 Å². The Morgan fingerprint density at radius 2 is 2.17 bits per heavy atom. The summed E-state index contributed by atoms with van der Waals surface area (Å²) in [4.78, 5) is 0. The van der Waals surface area contributed by atoms with E-state index in [2.05, 4.69) is 13.8 Å². The van der Waals surface area contributed by atoms with Crippen LogP contribution in [-0.2, 0) is 10.2 Å². The molecule has 1 rings (SSSR count). The average Bonchev–Trinajstić information content (AvgIpc) is 2.38. The fourth-order valence-electron chi connectivity index (χ4n) is 2.29. The normalized spacial score (nSPS) is 24.4. The first kappa shape index (κ1) is 15.9. The van der Waals surface area contributed by atoms with Crippen LogP contribution in [0.1, 0.15) is 33.1 Å². The summed E-state index contributed by atoms with van der Waals surface area (Å²) in [5.41, 5.74) is 5.65. The summed E-state index contributed by atoms with van der Waals surface area (Å²) in [7, 11) is -1.62. The minimum absolute atomic E-state index is 0.311. The lowest BCUT2D eigenvalue weighted by Crippen LogP contribution is -2.48. The van der Waals surface area contributed by atoms with Gasteiger partial charge in [-0.15, -0.1) is 0 Å². The zero-order valence-corrected chi connectivity index (χ0v) is 12.6. The van der Waals surface area contributed by atoms with E-state index in [4.69, 9.17) is 5.73 Å². The number of piperidine rings is 1. The number of nitrogens with zero attached hydrogens (tertiary/aromatic N) is 2. The summed E-state index contributed by atoms with van der Waals surface area (Å²) in [5, 5.41) is 0. The molecule has 0 aromatic carbocycles. The van der Waals surface area contributed by atoms with Crippen molar-refractivity contribution in [3.63, 3.8) is 0 Å². The first-order valence-electron chi connectivity index (χ1n) is 6.83. The van der Waals surface area contributed by atoms with Crippen LogP contribution in [-0.4, -0.2) is 50.3 Å². The molecule has 18 heavy (non-hydrogen) atoms. The molecule has 2 atom stereocenters. The van der Waals surface area contributed by atoms with E-state index in [-0.39, 0.29) is 0 Å². The SMILES string of the molecule is CCC(C)CN(C)S(=O)(=O)N1CCCC(CN)C1. The van der Waals surface area contributed by atoms with Gasteiger partial charge in [0.2, 0.25) is 0 Å². The summed E-state index contributed by atoms with van der Waals surface area (Å²) >= 11 is 0. The Kier molecular flexibility index (Phi) is 6.04. The molecule has 0 radical (unpaired) electrons. The zero-order valence-electron chi connectivity index (χ0n) is 11.8. The van der Waals surface area contributed by atoms with E-state index in [9.17, 15) is 8.42 Å². The Labute approximate surface area is 112 Å². The molecule has 0 aliphatic carbocycles. The van der Waals surface area contributed by atoms with Gasteiger partial charge in [-0.1, -0.05) is 20.3 Å². The van der Waals surface area contributed by atoms with Crippen molar-refractivity contribution in [2.75, 3.05) is 33.2 Å². The van der Waals surface area contributed by atoms with Gasteiger partial charge >= 0.3 is 0 Å². The first-order chi connectivity index (χ1) is 8.41. The third-order valence-electron chi connectivity index (χ3n) is 3.80. The van der Waals surface area contributed by atoms with Crippen LogP contribution in [0.4, 0.5) is 0 Å². The molecular formula is C12H27N3O2S. The molecule has 1 heterocycles. The van der Waals surface area contributed by atoms with Crippen molar-refractivity contribution in [3.05, 3.63) is 0 Å². The van der Waals surface area contributed by atoms with Gasteiger partial charge in [-0.3, -0.25) is 0 Å². The zero-order chi connectivity index (χ0) is 13.8. The number of hydrogen-bond acceptors (Lipinski definition) is 3. The van der Waals surface area contributed by atoms with E-state index in [1.807, 2.05) is 0 Å². The molecule has 2 N–H and O–H groups in total. The highest BCUT2D eigenvalue weighted by molar-refractivity contribution is 7.86. The largest absolute Gasteiger partial charge is 0.330 e. The molecule has 0 spiro atoms. The molecule has 0 amide bonds. The van der Waals surface area contributed by atoms with Gasteiger partial charge in [0.25, 0.3) is 10.2 Å². The van der Waals surface area contributed by atoms with Crippen molar-refractivity contribution >= 4 is 10.2 Å². The number of rotatable bonds is 6. The molecule has 1 fully saturated rings. The van der Waals surface area contributed by atoms with Gasteiger partial charge < -0.3 is 5.73 Å². The van der Waals surface area contributed by atoms with Crippen LogP contribution in [0.5, 0.6) is 0 Å². The lowest BCUT2D eigenvalue weighted by Gasteiger charge is -2.34. The minimum Gasteiger partial charge on any atom is -0.330 e. The summed E-state index contributed by atoms with van der Waals surface area (Å²) in [6.45, 7) is 6.51. The minimum atomic E-state index is -3.30. The Morgan fingerprint density at radius 3 is 2.72 bits per heavy atom. The third-order valence-corrected chi connectivity index (χ3v) is 5.72. The maximum Gasteiger partial charge on any atom is 0.281 e. The van der Waals surface area contributed by atoms with E-state index in [0.29, 0.717) is 38.0 Å². The number of hydrogen-bond donors (Lipinski definition) is 1. The first-order valence-corrected chi connectivity index (χ1v) is 8.23. The Morgan fingerprint density at radius 1 is 1.50 bits per heavy atom. The van der Waals surface area contributed by atoms with Gasteiger partial charge in [-0.2, -0.15) is 17.0 Å². The van der Waals surface area contributed by atoms with Crippen LogP contribution in [0, 0.1) is 11.8 Å². The second kappa shape index (κ2) is 6.84. The fourth-order valence-corrected chi connectivity index (χ4v) is 3.88. The Hall–Kier alpha value is -0.170. The van der Waals surface area contributed by atoms with Crippen molar-refractivity contribution in [3.8, 4) is 0 Å². The molecular weight excluding hydrogens is 250 g/mol. The van der Waals surface area contributed by atoms with Gasteiger partial charge in [0, 0.05) is 26.7 Å². The van der Waals surface area contributed by atoms with E-state index in [1.165, 1.54) is 4.31 Å². The van der Waals surface area contributed by atoms with Crippen LogP contribution in [0.3, 0.4) is 0 Å². The van der Waals surface area contributed by atoms with Crippen molar-refractivity contribution in [2.24, 2.45) is 17.6 Å². The maximum absolute atomic E-state index is 12.4. The average molecular weight is 277 g/mol. The monoisotopic (exact) mass is 277 g/mol. The molecule has 2 unspecified atom stereocenters. The smallest absolute Gasteiger partial charge is 0.281 e. The second-order valence-corrected chi connectivity index (χ2v) is 7.44. The van der Waals surface area contributed by atoms with Crippen LogP contribution < -0.4 is 5.73 Å². The molecule has 0 aromatic heterocycles. The summed E-state index contributed by atoms with van der Waals surface area (Å²) < 4.78 is 27.9. The number of nitrogens with two attached hydrogens (primary N) is 1. The van der Waals surface area contributed by atoms with E-state index >= 15 is 0 Å². The van der Waals surface area contributed by atoms with Crippen LogP contribution >= 0.6 is 0 Å². The third kappa shape index (κ3) is 3.91. The molecule has 0 bridgehead atoms. The molecule has 5 nitrogen and oxygen atoms in total. The maximum atomic E-state index is 12.4. The van der Waals surface area contributed by atoms with Gasteiger partial charge in [-0.05, 0) is 31.2 Å². The molecule has 0 saturated carbocycles. The molecule has 1 aliphatic heterocycles. The van der Waals surface area contributed by atoms with E-state index in [1.54, 1.807) is 11.4 Å². The van der Waals surface area contributed by atoms with Crippen molar-refractivity contribution in [1.82, 2.24) is 8.61 Å². The molecule has 108 valence electrons. The quantitative estimate of drug-likeness (QED) is 0.784. The van der Waals surface area contributed by atoms with Gasteiger partial charge in [-0.25, -0.2) is 0 Å². The van der Waals surface area contributed by atoms with Crippen LogP contribution in [0.25, 0.3) is 0 Å². The van der Waals surface area contributed by atoms with Gasteiger partial charge in [0.1, 0.15) is 0 Å². The molecule has 0 aromatic rings. The highest BCUT2D eigenvalue weighted by Gasteiger charge is 2.31. The summed E-state index contributed by atoms with van der Waals surface area (Å²) in [6.07, 6.45) is 2.95. The summed E-state index contributed by atoms with van der Waals surface area (Å²) in [5.74, 6) is 0.699. The Balaban J connectivity index is 2.67. The standard InChI is InChI=1S/C12H27N3O2S/c1-4-11(2)9-14(3)18(16,17)15-7-5-6-12(8-13)10-15/h11-12H,4-10,13H2,1-3H3. The highest BCUT2D eigenvalue weighted by atomic mass is 32.2. The fraction of sp³-hybridized carbons (Fsp3) is 1.00. The lowest BCUT2D eigenvalue weighted by atomic mass is 10.0. The van der Waals surface area contributed by atoms with Crippen molar-refractivity contribution < 1.29 is 8.42 Å². The molecule has 1 aliphatic rings. The molecule has 1 saturated heterocycles. The summed E-state index contributed by atoms with van der Waals surface area (Å²) in [6, 6.07) is 0. The Bertz CT molecular complexity index is 345. The van der Waals surface area contributed by atoms with Crippen LogP contribution in [0.15, 0.2) is 0 Å². The van der Waals surface area contributed by atoms with Crippen molar-refractivity contribution in [2.45, 2.75) is 33.1 Å². The second-order valence-electron chi connectivity index (χ2n) is 5.40. The predicted octanol–water partition coefficient (Wildman–Crippen LogP) is 0.880. The predicted molar refractivity (Wildman–Crippen MR) is 74.4 cm³/mol. The van der Waals surface area contributed by atoms with Crippen LogP contribution in [0.2, 0.25) is 0 Å². The topological polar surface area (TPSA) is 66.6 Å².